The molecule has 1 aromatic carbocycles. The minimum atomic E-state index is -0.668. The lowest BCUT2D eigenvalue weighted by Gasteiger charge is -2.15. The molecule has 0 bridgehead atoms. The fourth-order valence-electron chi connectivity index (χ4n) is 1.90. The Balaban J connectivity index is 2.38. The van der Waals surface area contributed by atoms with Crippen molar-refractivity contribution in [2.45, 2.75) is 32.9 Å². The van der Waals surface area contributed by atoms with E-state index in [4.69, 9.17) is 0 Å². The number of benzene rings is 1. The molecule has 1 aromatic heterocycles. The Morgan fingerprint density at radius 2 is 2.22 bits per heavy atom. The molecule has 0 aliphatic carbocycles. The molecule has 0 fully saturated rings. The first-order valence-corrected chi connectivity index (χ1v) is 7.04. The molecule has 0 saturated heterocycles. The summed E-state index contributed by atoms with van der Waals surface area (Å²) in [5, 5.41) is 18.4. The summed E-state index contributed by atoms with van der Waals surface area (Å²) < 4.78 is 2.86. The fraction of sp³-hybridized carbons (Fsp3) is 0.385. The van der Waals surface area contributed by atoms with Crippen molar-refractivity contribution in [3.63, 3.8) is 0 Å². The highest BCUT2D eigenvalue weighted by atomic mass is 127. The lowest BCUT2D eigenvalue weighted by atomic mass is 10.0. The number of aryl methyl sites for hydroxylation is 2. The van der Waals surface area contributed by atoms with E-state index in [0.29, 0.717) is 0 Å². The van der Waals surface area contributed by atoms with Crippen LogP contribution in [0.25, 0.3) is 0 Å². The molecular weight excluding hydrogens is 341 g/mol. The van der Waals surface area contributed by atoms with Crippen LogP contribution in [0.15, 0.2) is 24.4 Å². The van der Waals surface area contributed by atoms with E-state index in [9.17, 15) is 5.11 Å². The molecular formula is C13H16IN3O. The van der Waals surface area contributed by atoms with Crippen molar-refractivity contribution in [2.75, 3.05) is 0 Å². The average molecular weight is 357 g/mol. The number of aromatic nitrogens is 3. The maximum atomic E-state index is 10.5. The molecule has 0 amide bonds. The first-order valence-electron chi connectivity index (χ1n) is 5.96. The van der Waals surface area contributed by atoms with Gasteiger partial charge in [0.2, 0.25) is 0 Å². The molecule has 1 heterocycles. The van der Waals surface area contributed by atoms with Gasteiger partial charge in [0.1, 0.15) is 6.10 Å². The van der Waals surface area contributed by atoms with Gasteiger partial charge < -0.3 is 5.11 Å². The summed E-state index contributed by atoms with van der Waals surface area (Å²) >= 11 is 2.27. The second-order valence-electron chi connectivity index (χ2n) is 4.26. The van der Waals surface area contributed by atoms with Crippen molar-refractivity contribution >= 4 is 22.6 Å². The molecule has 0 radical (unpaired) electrons. The molecule has 96 valence electrons. The van der Waals surface area contributed by atoms with Gasteiger partial charge in [-0.2, -0.15) is 0 Å². The summed E-state index contributed by atoms with van der Waals surface area (Å²) in [6, 6.07) is 5.95. The molecule has 18 heavy (non-hydrogen) atoms. The Labute approximate surface area is 120 Å². The molecule has 4 nitrogen and oxygen atoms in total. The maximum absolute atomic E-state index is 10.5. The normalized spacial score (nSPS) is 12.7. The summed E-state index contributed by atoms with van der Waals surface area (Å²) in [5.41, 5.74) is 2.83. The fourth-order valence-corrected chi connectivity index (χ4v) is 2.56. The largest absolute Gasteiger partial charge is 0.382 e. The van der Waals surface area contributed by atoms with Crippen molar-refractivity contribution in [1.82, 2.24) is 15.0 Å². The molecule has 0 aliphatic rings. The van der Waals surface area contributed by atoms with Gasteiger partial charge in [-0.15, -0.1) is 5.10 Å². The second kappa shape index (κ2) is 5.79. The van der Waals surface area contributed by atoms with Gasteiger partial charge in [-0.1, -0.05) is 30.3 Å². The molecule has 1 N–H and O–H groups in total. The smallest absolute Gasteiger partial charge is 0.123 e. The van der Waals surface area contributed by atoms with Gasteiger partial charge in [0.25, 0.3) is 0 Å². The maximum Gasteiger partial charge on any atom is 0.123 e. The molecule has 0 saturated carbocycles. The molecule has 1 atom stereocenters. The Morgan fingerprint density at radius 3 is 2.94 bits per heavy atom. The zero-order valence-corrected chi connectivity index (χ0v) is 12.6. The van der Waals surface area contributed by atoms with Crippen molar-refractivity contribution in [3.05, 3.63) is 44.8 Å². The van der Waals surface area contributed by atoms with Crippen LogP contribution >= 0.6 is 22.6 Å². The van der Waals surface area contributed by atoms with E-state index < -0.39 is 6.10 Å². The van der Waals surface area contributed by atoms with Gasteiger partial charge in [0, 0.05) is 15.7 Å². The Hall–Kier alpha value is -0.950. The summed E-state index contributed by atoms with van der Waals surface area (Å²) in [6.07, 6.45) is 1.94. The van der Waals surface area contributed by atoms with Crippen LogP contribution in [-0.4, -0.2) is 20.1 Å². The van der Waals surface area contributed by atoms with E-state index in [2.05, 4.69) is 39.8 Å². The van der Waals surface area contributed by atoms with Gasteiger partial charge in [0.05, 0.1) is 11.9 Å². The number of hydrogen-bond donors (Lipinski definition) is 1. The van der Waals surface area contributed by atoms with Crippen molar-refractivity contribution in [1.29, 1.82) is 0 Å². The third-order valence-corrected chi connectivity index (χ3v) is 4.35. The summed E-state index contributed by atoms with van der Waals surface area (Å²) in [6.45, 7) is 4.89. The van der Waals surface area contributed by atoms with Crippen LogP contribution in [0, 0.1) is 10.5 Å². The number of aliphatic hydroxyl groups is 1. The predicted octanol–water partition coefficient (Wildman–Crippen LogP) is 2.68. The third-order valence-electron chi connectivity index (χ3n) is 2.88. The topological polar surface area (TPSA) is 50.9 Å². The van der Waals surface area contributed by atoms with Gasteiger partial charge in [-0.3, -0.25) is 0 Å². The second-order valence-corrected chi connectivity index (χ2v) is 5.34. The summed E-state index contributed by atoms with van der Waals surface area (Å²) in [7, 11) is 0. The molecule has 2 aromatic rings. The first kappa shape index (κ1) is 13.5. The lowest BCUT2D eigenvalue weighted by Crippen LogP contribution is -2.11. The van der Waals surface area contributed by atoms with Gasteiger partial charge >= 0.3 is 0 Å². The lowest BCUT2D eigenvalue weighted by molar-refractivity contribution is 0.206. The number of hydrogen-bond acceptors (Lipinski definition) is 3. The van der Waals surface area contributed by atoms with Crippen LogP contribution in [0.2, 0.25) is 0 Å². The predicted molar refractivity (Wildman–Crippen MR) is 78.3 cm³/mol. The molecule has 0 spiro atoms. The van der Waals surface area contributed by atoms with E-state index in [1.54, 1.807) is 10.9 Å². The number of aliphatic hydroxyl groups excluding tert-OH is 1. The monoisotopic (exact) mass is 357 g/mol. The van der Waals surface area contributed by atoms with E-state index in [-0.39, 0.29) is 0 Å². The van der Waals surface area contributed by atoms with E-state index in [0.717, 1.165) is 27.8 Å². The quantitative estimate of drug-likeness (QED) is 0.856. The molecule has 1 unspecified atom stereocenters. The SMILES string of the molecule is CCCn1nncc1C(O)c1cccc(C)c1I. The van der Waals surface area contributed by atoms with Crippen molar-refractivity contribution in [2.24, 2.45) is 0 Å². The first-order chi connectivity index (χ1) is 8.65. The average Bonchev–Trinajstić information content (AvgIpc) is 2.80. The van der Waals surface area contributed by atoms with Crippen LogP contribution in [-0.2, 0) is 6.54 Å². The van der Waals surface area contributed by atoms with Crippen molar-refractivity contribution in [3.8, 4) is 0 Å². The Kier molecular flexibility index (Phi) is 4.34. The van der Waals surface area contributed by atoms with E-state index >= 15 is 0 Å². The summed E-state index contributed by atoms with van der Waals surface area (Å²) in [5.74, 6) is 0. The number of rotatable bonds is 4. The highest BCUT2D eigenvalue weighted by molar-refractivity contribution is 14.1. The zero-order chi connectivity index (χ0) is 13.1. The third kappa shape index (κ3) is 2.56. The van der Waals surface area contributed by atoms with Gasteiger partial charge in [-0.05, 0) is 41.5 Å². The molecule has 5 heteroatoms. The molecule has 0 aliphatic heterocycles. The Morgan fingerprint density at radius 1 is 1.44 bits per heavy atom. The number of nitrogens with zero attached hydrogens (tertiary/aromatic N) is 3. The highest BCUT2D eigenvalue weighted by Gasteiger charge is 2.18. The van der Waals surface area contributed by atoms with Crippen LogP contribution < -0.4 is 0 Å². The van der Waals surface area contributed by atoms with Gasteiger partial charge in [0.15, 0.2) is 0 Å². The van der Waals surface area contributed by atoms with Crippen LogP contribution in [0.1, 0.15) is 36.3 Å². The van der Waals surface area contributed by atoms with Gasteiger partial charge in [-0.25, -0.2) is 4.68 Å². The number of halogens is 1. The Bertz CT molecular complexity index is 539. The standard InChI is InChI=1S/C13H16IN3O/c1-3-7-17-11(8-15-16-17)13(18)10-6-4-5-9(2)12(10)14/h4-6,8,13,18H,3,7H2,1-2H3. The van der Waals surface area contributed by atoms with Crippen LogP contribution in [0.4, 0.5) is 0 Å². The summed E-state index contributed by atoms with van der Waals surface area (Å²) in [4.78, 5) is 0. The zero-order valence-electron chi connectivity index (χ0n) is 10.5. The minimum absolute atomic E-state index is 0.668. The van der Waals surface area contributed by atoms with Crippen LogP contribution in [0.3, 0.4) is 0 Å². The van der Waals surface area contributed by atoms with E-state index in [1.807, 2.05) is 25.1 Å². The van der Waals surface area contributed by atoms with E-state index in [1.165, 1.54) is 5.56 Å². The van der Waals surface area contributed by atoms with Crippen molar-refractivity contribution < 1.29 is 5.11 Å². The highest BCUT2D eigenvalue weighted by Crippen LogP contribution is 2.27. The van der Waals surface area contributed by atoms with Crippen LogP contribution in [0.5, 0.6) is 0 Å². The minimum Gasteiger partial charge on any atom is -0.382 e. The molecule has 2 rings (SSSR count).